The largest absolute Gasteiger partial charge is 0.479 e. The van der Waals surface area contributed by atoms with Crippen LogP contribution in [0.4, 0.5) is 15.7 Å². The van der Waals surface area contributed by atoms with Crippen molar-refractivity contribution in [1.82, 2.24) is 39.2 Å². The first-order chi connectivity index (χ1) is 47.5. The van der Waals surface area contributed by atoms with Crippen LogP contribution >= 0.6 is 11.3 Å². The number of hydrogen-bond acceptors (Lipinski definition) is 21. The highest BCUT2D eigenvalue weighted by Gasteiger charge is 2.66. The van der Waals surface area contributed by atoms with Crippen LogP contribution in [0.25, 0.3) is 21.3 Å². The smallest absolute Gasteiger partial charge is 0.410 e. The number of aliphatic carboxylic acids is 1. The molecular formula is C70H82N10O18S2. The molecule has 4 bridgehead atoms. The number of carbonyl (C=O) groups is 7. The fourth-order valence-corrected chi connectivity index (χ4v) is 18.1. The zero-order valence-corrected chi connectivity index (χ0v) is 57.8. The molecule has 1 saturated heterocycles. The fourth-order valence-electron chi connectivity index (χ4n) is 16.5. The van der Waals surface area contributed by atoms with Crippen molar-refractivity contribution in [2.24, 2.45) is 16.2 Å². The van der Waals surface area contributed by atoms with Crippen molar-refractivity contribution in [3.05, 3.63) is 130 Å². The fraction of sp³-hybridized carbons (Fsp3) is 0.486. The van der Waals surface area contributed by atoms with Gasteiger partial charge in [-0.15, -0.1) is 0 Å². The zero-order valence-electron chi connectivity index (χ0n) is 56.1. The number of ether oxygens (including phenoxy) is 4. The second kappa shape index (κ2) is 28.3. The van der Waals surface area contributed by atoms with Crippen molar-refractivity contribution < 1.29 is 86.5 Å². The van der Waals surface area contributed by atoms with Crippen LogP contribution in [-0.4, -0.2) is 205 Å². The molecule has 4 aliphatic carbocycles. The van der Waals surface area contributed by atoms with Crippen molar-refractivity contribution >= 4 is 84.2 Å². The Labute approximate surface area is 580 Å². The molecule has 30 heteroatoms. The molecule has 13 rings (SSSR count). The van der Waals surface area contributed by atoms with Crippen LogP contribution in [0, 0.1) is 23.2 Å². The van der Waals surface area contributed by atoms with Gasteiger partial charge in [0, 0.05) is 93.5 Å². The van der Waals surface area contributed by atoms with E-state index in [4.69, 9.17) is 29.0 Å². The lowest BCUT2D eigenvalue weighted by Gasteiger charge is -2.69. The molecular weight excluding hydrogens is 1330 g/mol. The van der Waals surface area contributed by atoms with Gasteiger partial charge in [0.05, 0.1) is 34.4 Å². The number of aliphatic hydroxyl groups excluding tert-OH is 3. The third-order valence-electron chi connectivity index (χ3n) is 20.1. The molecule has 6 heterocycles. The second-order valence-electron chi connectivity index (χ2n) is 28.3. The molecule has 0 spiro atoms. The first kappa shape index (κ1) is 71.1. The summed E-state index contributed by atoms with van der Waals surface area (Å²) in [6.45, 7) is 6.82. The molecule has 28 nitrogen and oxygen atoms in total. The van der Waals surface area contributed by atoms with Crippen LogP contribution in [0.3, 0.4) is 0 Å². The van der Waals surface area contributed by atoms with Crippen molar-refractivity contribution in [3.8, 4) is 16.9 Å². The molecule has 7 N–H and O–H groups in total. The molecule has 5 fully saturated rings. The van der Waals surface area contributed by atoms with Gasteiger partial charge in [0.2, 0.25) is 22.2 Å². The average molecular weight is 1420 g/mol. The Balaban J connectivity index is 0.721. The summed E-state index contributed by atoms with van der Waals surface area (Å²) in [5.74, 6) is -4.88. The molecule has 3 aliphatic heterocycles. The number of sulfonamides is 1. The van der Waals surface area contributed by atoms with Gasteiger partial charge in [0.25, 0.3) is 17.7 Å². The first-order valence-electron chi connectivity index (χ1n) is 33.3. The van der Waals surface area contributed by atoms with Gasteiger partial charge in [-0.1, -0.05) is 61.6 Å². The van der Waals surface area contributed by atoms with Crippen LogP contribution in [0.1, 0.15) is 114 Å². The Kier molecular flexibility index (Phi) is 20.2. The monoisotopic (exact) mass is 1410 g/mol. The number of rotatable bonds is 27. The number of unbranched alkanes of at least 4 members (excludes halogenated alkanes) is 1. The number of para-hydroxylation sites is 1. The minimum Gasteiger partial charge on any atom is -0.479 e. The highest BCUT2D eigenvalue weighted by molar-refractivity contribution is 7.89. The first-order valence-corrected chi connectivity index (χ1v) is 35.7. The van der Waals surface area contributed by atoms with E-state index in [9.17, 15) is 67.5 Å². The van der Waals surface area contributed by atoms with E-state index in [1.165, 1.54) is 36.4 Å². The number of aromatic carboxylic acids is 1. The Morgan fingerprint density at radius 2 is 1.59 bits per heavy atom. The second-order valence-corrected chi connectivity index (χ2v) is 31.6. The summed E-state index contributed by atoms with van der Waals surface area (Å²) in [7, 11) is -1.07. The van der Waals surface area contributed by atoms with Crippen molar-refractivity contribution in [2.75, 3.05) is 69.4 Å². The summed E-state index contributed by atoms with van der Waals surface area (Å²) < 4.78 is 55.0. The SMILES string of the molecule is Cc1c(-c2ccc(N3CCc4cccc(C(=O)Nc5nc6ccccc6s5)c4C3)nc2C(=O)O)cnn1CC12CC3(C)CC(C)(C1)CC(OCCN(CCS(=O)(=O)N(C)C)C(=O)OCc1ccc(CCCCNC(=O)CN4C(=O)C=CC4=O)cc1O[C@@H]1O[C@H](C(=O)O)[C@@H](O)[C@H](O)[C@H]1O)(C3)C2. The molecule has 3 aromatic carbocycles. The van der Waals surface area contributed by atoms with Gasteiger partial charge < -0.3 is 59.6 Å². The molecule has 100 heavy (non-hydrogen) atoms. The summed E-state index contributed by atoms with van der Waals surface area (Å²) in [5.41, 5.74) is 4.40. The molecule has 0 radical (unpaired) electrons. The minimum absolute atomic E-state index is 0.00851. The van der Waals surface area contributed by atoms with E-state index in [0.29, 0.717) is 84.9 Å². The highest BCUT2D eigenvalue weighted by atomic mass is 32.2. The summed E-state index contributed by atoms with van der Waals surface area (Å²) in [4.78, 5) is 103. The van der Waals surface area contributed by atoms with Crippen molar-refractivity contribution in [2.45, 2.75) is 141 Å². The molecule has 5 amide bonds. The zero-order chi connectivity index (χ0) is 71.2. The number of nitrogens with zero attached hydrogens (tertiary/aromatic N) is 8. The van der Waals surface area contributed by atoms with Gasteiger partial charge in [0.1, 0.15) is 43.0 Å². The Morgan fingerprint density at radius 1 is 0.840 bits per heavy atom. The van der Waals surface area contributed by atoms with E-state index >= 15 is 0 Å². The van der Waals surface area contributed by atoms with Crippen molar-refractivity contribution in [1.29, 1.82) is 0 Å². The molecule has 7 atom stereocenters. The molecule has 6 aromatic rings. The third kappa shape index (κ3) is 15.1. The van der Waals surface area contributed by atoms with Gasteiger partial charge in [-0.3, -0.25) is 34.1 Å². The lowest BCUT2D eigenvalue weighted by atomic mass is 9.39. The number of imide groups is 1. The number of amides is 5. The third-order valence-corrected chi connectivity index (χ3v) is 22.9. The number of carbonyl (C=O) groups excluding carboxylic acids is 5. The number of nitrogens with one attached hydrogen (secondary N) is 2. The van der Waals surface area contributed by atoms with E-state index < -0.39 is 101 Å². The predicted octanol–water partition coefficient (Wildman–Crippen LogP) is 5.68. The van der Waals surface area contributed by atoms with E-state index in [1.807, 2.05) is 59.0 Å². The standard InChI is InChI=1S/C70H82N10O18S2/c1-41-47(45-18-19-52(74-56(45)62(88)89)78-24-22-43-12-10-13-46(48(43)31-78)61(87)75-65-73-49-14-6-7-15-51(49)99-65)30-72-80(41)40-69-35-67(2)34-68(3,36-69)38-70(37-67,39-69)96-27-25-77(26-28-100(93,94)76(4)5)66(92)95-33-44-17-16-42(11-8-9-23-71-53(81)32-79-54(82)20-21-55(79)83)29-50(44)97-64-59(86)57(84)58(85)60(98-64)63(90)91/h6-7,10,12-21,29-30,57-60,64,84-86H,8-9,11,22-28,31-40H2,1-5H3,(H,71,81)(H,88,89)(H,90,91)(H,73,75,87)/t57-,58-,59+,60-,64+,67?,68?,69?,70?/m0/s1. The number of benzene rings is 3. The maximum Gasteiger partial charge on any atom is 0.410 e. The number of aliphatic hydroxyl groups is 3. The van der Waals surface area contributed by atoms with E-state index in [0.717, 1.165) is 80.5 Å². The van der Waals surface area contributed by atoms with Gasteiger partial charge in [-0.2, -0.15) is 5.10 Å². The minimum atomic E-state index is -3.84. The lowest BCUT2D eigenvalue weighted by Crippen LogP contribution is -2.64. The van der Waals surface area contributed by atoms with E-state index in [2.05, 4.69) is 29.5 Å². The number of anilines is 2. The number of carboxylic acid groups (broad SMARTS) is 2. The van der Waals surface area contributed by atoms with Crippen molar-refractivity contribution in [3.63, 3.8) is 0 Å². The van der Waals surface area contributed by atoms with Crippen LogP contribution < -0.4 is 20.3 Å². The van der Waals surface area contributed by atoms with E-state index in [-0.39, 0.29) is 65.4 Å². The average Bonchev–Trinajstić information content (AvgIpc) is 1.000. The van der Waals surface area contributed by atoms with E-state index in [1.54, 1.807) is 30.5 Å². The summed E-state index contributed by atoms with van der Waals surface area (Å²) >= 11 is 1.39. The van der Waals surface area contributed by atoms with Crippen LogP contribution in [0.15, 0.2) is 91.1 Å². The van der Waals surface area contributed by atoms with Crippen LogP contribution in [0.2, 0.25) is 0 Å². The van der Waals surface area contributed by atoms with Crippen LogP contribution in [0.5, 0.6) is 5.75 Å². The van der Waals surface area contributed by atoms with Gasteiger partial charge in [-0.05, 0) is 140 Å². The normalized spacial score (nSPS) is 25.4. The molecule has 532 valence electrons. The maximum atomic E-state index is 14.4. The predicted molar refractivity (Wildman–Crippen MR) is 363 cm³/mol. The number of carboxylic acids is 2. The quantitative estimate of drug-likeness (QED) is 0.0241. The summed E-state index contributed by atoms with van der Waals surface area (Å²) in [5, 5.41) is 63.7. The summed E-state index contributed by atoms with van der Waals surface area (Å²) in [6, 6.07) is 21.7. The molecule has 3 aromatic heterocycles. The number of thiazole rings is 1. The number of pyridine rings is 1. The topological polar surface area (TPSA) is 372 Å². The summed E-state index contributed by atoms with van der Waals surface area (Å²) in [6.07, 6.45) is -0.0120. The number of aromatic nitrogens is 4. The lowest BCUT2D eigenvalue weighted by molar-refractivity contribution is -0.271. The van der Waals surface area contributed by atoms with Gasteiger partial charge >= 0.3 is 18.0 Å². The van der Waals surface area contributed by atoms with Gasteiger partial charge in [0.15, 0.2) is 16.9 Å². The number of hydrogen-bond donors (Lipinski definition) is 7. The Bertz CT molecular complexity index is 4280. The Hall–Kier alpha value is -8.75. The number of aryl methyl sites for hydroxylation is 1. The van der Waals surface area contributed by atoms with Gasteiger partial charge in [-0.25, -0.2) is 37.1 Å². The number of fused-ring (bicyclic) bond motifs is 2. The molecule has 4 saturated carbocycles. The molecule has 7 aliphatic rings. The Morgan fingerprint density at radius 3 is 2.31 bits per heavy atom. The highest BCUT2D eigenvalue weighted by Crippen LogP contribution is 2.72. The van der Waals surface area contributed by atoms with Crippen LogP contribution in [-0.2, 0) is 76.0 Å². The molecule has 2 unspecified atom stereocenters. The maximum absolute atomic E-state index is 14.4.